The summed E-state index contributed by atoms with van der Waals surface area (Å²) in [5, 5.41) is 8.59. The molecule has 2 aromatic carbocycles. The minimum Gasteiger partial charge on any atom is -0.378 e. The van der Waals surface area contributed by atoms with E-state index in [1.807, 2.05) is 43.3 Å². The molecule has 5 nitrogen and oxygen atoms in total. The highest BCUT2D eigenvalue weighted by Crippen LogP contribution is 2.26. The highest BCUT2D eigenvalue weighted by molar-refractivity contribution is 7.10. The van der Waals surface area contributed by atoms with E-state index in [4.69, 9.17) is 4.74 Å². The van der Waals surface area contributed by atoms with Gasteiger partial charge in [0.15, 0.2) is 0 Å². The number of carbonyl (C=O) groups is 1. The van der Waals surface area contributed by atoms with E-state index in [0.29, 0.717) is 0 Å². The molecule has 3 aromatic rings. The van der Waals surface area contributed by atoms with Crippen LogP contribution in [0.1, 0.15) is 23.4 Å². The van der Waals surface area contributed by atoms with Gasteiger partial charge in [0.1, 0.15) is 0 Å². The number of amides is 1. The molecule has 0 unspecified atom stereocenters. The number of hydrogen-bond donors (Lipinski definition) is 2. The fourth-order valence-electron chi connectivity index (χ4n) is 3.60. The molecule has 4 rings (SSSR count). The van der Waals surface area contributed by atoms with E-state index in [2.05, 4.69) is 51.2 Å². The van der Waals surface area contributed by atoms with Crippen molar-refractivity contribution in [3.05, 3.63) is 82.6 Å². The van der Waals surface area contributed by atoms with Gasteiger partial charge in [-0.05, 0) is 48.2 Å². The molecular weight excluding hydrogens is 394 g/mol. The fourth-order valence-corrected chi connectivity index (χ4v) is 4.41. The summed E-state index contributed by atoms with van der Waals surface area (Å²) in [6.45, 7) is 5.22. The van der Waals surface area contributed by atoms with Crippen molar-refractivity contribution < 1.29 is 9.53 Å². The van der Waals surface area contributed by atoms with Gasteiger partial charge in [-0.25, -0.2) is 0 Å². The molecule has 6 heteroatoms. The number of carbonyl (C=O) groups excluding carboxylic acids is 1. The Balaban J connectivity index is 1.40. The van der Waals surface area contributed by atoms with Crippen molar-refractivity contribution >= 4 is 28.6 Å². The molecule has 1 aromatic heterocycles. The van der Waals surface area contributed by atoms with Gasteiger partial charge in [0.25, 0.3) is 0 Å². The Bertz CT molecular complexity index is 923. The van der Waals surface area contributed by atoms with Crippen LogP contribution in [0.15, 0.2) is 72.1 Å². The average molecular weight is 422 g/mol. The second-order valence-corrected chi connectivity index (χ2v) is 8.36. The summed E-state index contributed by atoms with van der Waals surface area (Å²) >= 11 is 1.69. The molecule has 1 saturated heterocycles. The van der Waals surface area contributed by atoms with Gasteiger partial charge < -0.3 is 15.0 Å². The number of rotatable bonds is 7. The fraction of sp³-hybridized carbons (Fsp3) is 0.292. The average Bonchev–Trinajstić information content (AvgIpc) is 3.33. The van der Waals surface area contributed by atoms with Crippen LogP contribution < -0.4 is 15.5 Å². The Morgan fingerprint density at radius 3 is 2.40 bits per heavy atom. The minimum atomic E-state index is -0.351. The number of nitrogens with one attached hydrogen (secondary N) is 2. The van der Waals surface area contributed by atoms with Gasteiger partial charge in [-0.3, -0.25) is 10.1 Å². The molecule has 1 fully saturated rings. The van der Waals surface area contributed by atoms with E-state index in [9.17, 15) is 4.79 Å². The Morgan fingerprint density at radius 2 is 1.73 bits per heavy atom. The van der Waals surface area contributed by atoms with Gasteiger partial charge in [0, 0.05) is 29.3 Å². The third-order valence-corrected chi connectivity index (χ3v) is 6.22. The lowest BCUT2D eigenvalue weighted by atomic mass is 10.0. The first-order chi connectivity index (χ1) is 14.7. The molecule has 156 valence electrons. The van der Waals surface area contributed by atoms with E-state index in [1.54, 1.807) is 11.3 Å². The first kappa shape index (κ1) is 20.6. The van der Waals surface area contributed by atoms with E-state index >= 15 is 0 Å². The zero-order valence-corrected chi connectivity index (χ0v) is 17.9. The molecular formula is C24H27N3O2S. The number of ether oxygens (including phenoxy) is 1. The summed E-state index contributed by atoms with van der Waals surface area (Å²) in [4.78, 5) is 16.3. The molecule has 1 aliphatic rings. The summed E-state index contributed by atoms with van der Waals surface area (Å²) in [6.07, 6.45) is 0. The van der Waals surface area contributed by atoms with Gasteiger partial charge >= 0.3 is 0 Å². The van der Waals surface area contributed by atoms with Crippen LogP contribution in [0.5, 0.6) is 0 Å². The lowest BCUT2D eigenvalue weighted by Crippen LogP contribution is -2.40. The Kier molecular flexibility index (Phi) is 6.79. The maximum Gasteiger partial charge on any atom is 0.241 e. The van der Waals surface area contributed by atoms with Crippen LogP contribution in [0.3, 0.4) is 0 Å². The summed E-state index contributed by atoms with van der Waals surface area (Å²) in [5.41, 5.74) is 3.11. The maximum atomic E-state index is 12.8. The van der Waals surface area contributed by atoms with Crippen molar-refractivity contribution in [1.82, 2.24) is 5.32 Å². The van der Waals surface area contributed by atoms with Crippen molar-refractivity contribution in [1.29, 1.82) is 0 Å². The summed E-state index contributed by atoms with van der Waals surface area (Å²) < 4.78 is 5.41. The number of thiophene rings is 1. The molecule has 0 radical (unpaired) electrons. The minimum absolute atomic E-state index is 0.0179. The predicted octanol–water partition coefficient (Wildman–Crippen LogP) is 4.29. The van der Waals surface area contributed by atoms with Crippen LogP contribution in [-0.2, 0) is 9.53 Å². The zero-order valence-electron chi connectivity index (χ0n) is 17.1. The summed E-state index contributed by atoms with van der Waals surface area (Å²) in [5.74, 6) is -0.0494. The Labute approximate surface area is 181 Å². The first-order valence-electron chi connectivity index (χ1n) is 10.3. The predicted molar refractivity (Wildman–Crippen MR) is 123 cm³/mol. The third-order valence-electron chi connectivity index (χ3n) is 5.28. The molecule has 0 spiro atoms. The van der Waals surface area contributed by atoms with E-state index < -0.39 is 0 Å². The molecule has 1 amide bonds. The van der Waals surface area contributed by atoms with Gasteiger partial charge in [-0.1, -0.05) is 36.4 Å². The lowest BCUT2D eigenvalue weighted by molar-refractivity contribution is -0.117. The molecule has 2 atom stereocenters. The smallest absolute Gasteiger partial charge is 0.241 e. The van der Waals surface area contributed by atoms with Crippen molar-refractivity contribution in [2.24, 2.45) is 0 Å². The van der Waals surface area contributed by atoms with Crippen molar-refractivity contribution in [3.8, 4) is 0 Å². The first-order valence-corrected chi connectivity index (χ1v) is 11.2. The van der Waals surface area contributed by atoms with Gasteiger partial charge in [0.05, 0.1) is 25.3 Å². The standard InChI is InChI=1S/C24H27N3O2S/c1-18(25-23(22-8-5-17-30-22)19-6-3-2-4-7-19)24(28)26-20-9-11-21(12-10-20)27-13-15-29-16-14-27/h2-12,17-18,23,25H,13-16H2,1H3,(H,26,28)/t18-,23+/m1/s1. The van der Waals surface area contributed by atoms with Crippen LogP contribution in [-0.4, -0.2) is 38.3 Å². The topological polar surface area (TPSA) is 53.6 Å². The molecule has 30 heavy (non-hydrogen) atoms. The second-order valence-electron chi connectivity index (χ2n) is 7.38. The van der Waals surface area contributed by atoms with Crippen LogP contribution in [0, 0.1) is 0 Å². The second kappa shape index (κ2) is 9.89. The van der Waals surface area contributed by atoms with Crippen molar-refractivity contribution in [2.75, 3.05) is 36.5 Å². The highest BCUT2D eigenvalue weighted by Gasteiger charge is 2.21. The number of nitrogens with zero attached hydrogens (tertiary/aromatic N) is 1. The van der Waals surface area contributed by atoms with E-state index in [-0.39, 0.29) is 18.0 Å². The van der Waals surface area contributed by atoms with Crippen LogP contribution in [0.25, 0.3) is 0 Å². The molecule has 2 N–H and O–H groups in total. The SMILES string of the molecule is C[C@@H](N[C@@H](c1ccccc1)c1cccs1)C(=O)Nc1ccc(N2CCOCC2)cc1. The molecule has 0 bridgehead atoms. The molecule has 1 aliphatic heterocycles. The quantitative estimate of drug-likeness (QED) is 0.598. The Hall–Kier alpha value is -2.67. The number of hydrogen-bond acceptors (Lipinski definition) is 5. The number of morpholine rings is 1. The Morgan fingerprint density at radius 1 is 1.00 bits per heavy atom. The van der Waals surface area contributed by atoms with Crippen LogP contribution >= 0.6 is 11.3 Å². The molecule has 0 aliphatic carbocycles. The molecule has 0 saturated carbocycles. The van der Waals surface area contributed by atoms with Gasteiger partial charge in [-0.15, -0.1) is 11.3 Å². The third kappa shape index (κ3) is 5.08. The normalized spacial score (nSPS) is 16.1. The van der Waals surface area contributed by atoms with Gasteiger partial charge in [0.2, 0.25) is 5.91 Å². The van der Waals surface area contributed by atoms with Crippen LogP contribution in [0.4, 0.5) is 11.4 Å². The lowest BCUT2D eigenvalue weighted by Gasteiger charge is -2.29. The number of benzene rings is 2. The number of anilines is 2. The summed E-state index contributed by atoms with van der Waals surface area (Å²) in [7, 11) is 0. The van der Waals surface area contributed by atoms with Gasteiger partial charge in [-0.2, -0.15) is 0 Å². The highest BCUT2D eigenvalue weighted by atomic mass is 32.1. The van der Waals surface area contributed by atoms with E-state index in [1.165, 1.54) is 4.88 Å². The maximum absolute atomic E-state index is 12.8. The largest absolute Gasteiger partial charge is 0.378 e. The molecule has 2 heterocycles. The monoisotopic (exact) mass is 421 g/mol. The summed E-state index contributed by atoms with van der Waals surface area (Å²) in [6, 6.07) is 22.0. The van der Waals surface area contributed by atoms with E-state index in [0.717, 1.165) is 43.2 Å². The van der Waals surface area contributed by atoms with Crippen LogP contribution in [0.2, 0.25) is 0 Å². The zero-order chi connectivity index (χ0) is 20.8. The van der Waals surface area contributed by atoms with Crippen molar-refractivity contribution in [3.63, 3.8) is 0 Å². The van der Waals surface area contributed by atoms with Crippen molar-refractivity contribution in [2.45, 2.75) is 19.0 Å².